The zero-order valence-electron chi connectivity index (χ0n) is 7.40. The van der Waals surface area contributed by atoms with Crippen LogP contribution in [-0.4, -0.2) is 22.4 Å². The number of benzene rings is 1. The Morgan fingerprint density at radius 1 is 1.50 bits per heavy atom. The molecule has 2 N–H and O–H groups in total. The average Bonchev–Trinajstić information content (AvgIpc) is 2.15. The predicted molar refractivity (Wildman–Crippen MR) is 55.8 cm³/mol. The van der Waals surface area contributed by atoms with Crippen molar-refractivity contribution in [2.75, 3.05) is 6.26 Å². The smallest absolute Gasteiger partial charge is 0.337 e. The topological polar surface area (TPSA) is 57.5 Å². The van der Waals surface area contributed by atoms with Crippen molar-refractivity contribution in [1.82, 2.24) is 0 Å². The van der Waals surface area contributed by atoms with Crippen molar-refractivity contribution in [2.24, 2.45) is 0 Å². The van der Waals surface area contributed by atoms with Gasteiger partial charge in [-0.1, -0.05) is 11.6 Å². The summed E-state index contributed by atoms with van der Waals surface area (Å²) in [6.45, 7) is 0. The lowest BCUT2D eigenvalue weighted by Gasteiger charge is -2.07. The molecule has 5 heteroatoms. The third kappa shape index (κ3) is 2.64. The third-order valence-corrected chi connectivity index (χ3v) is 2.60. The number of hydrogen-bond donors (Lipinski definition) is 2. The Kier molecular flexibility index (Phi) is 3.80. The molecular formula is C9H9ClO3S. The van der Waals surface area contributed by atoms with E-state index in [0.717, 1.165) is 4.90 Å². The molecular weight excluding hydrogens is 224 g/mol. The molecule has 0 aliphatic heterocycles. The molecule has 0 bridgehead atoms. The van der Waals surface area contributed by atoms with Crippen LogP contribution in [0, 0.1) is 0 Å². The van der Waals surface area contributed by atoms with Gasteiger partial charge in [-0.05, 0) is 30.0 Å². The van der Waals surface area contributed by atoms with Crippen LogP contribution in [0.15, 0.2) is 23.1 Å². The Morgan fingerprint density at radius 2 is 2.14 bits per heavy atom. The molecule has 0 saturated heterocycles. The first kappa shape index (κ1) is 11.4. The summed E-state index contributed by atoms with van der Waals surface area (Å²) in [6, 6.07) is 4.76. The highest BCUT2D eigenvalue weighted by Gasteiger charge is 2.16. The molecule has 1 unspecified atom stereocenters. The van der Waals surface area contributed by atoms with Crippen LogP contribution in [-0.2, 0) is 4.79 Å². The Morgan fingerprint density at radius 3 is 2.64 bits per heavy atom. The van der Waals surface area contributed by atoms with Crippen LogP contribution in [0.3, 0.4) is 0 Å². The SMILES string of the molecule is CSc1cc(Cl)cc(C(O)C(=O)O)c1. The molecule has 0 radical (unpaired) electrons. The van der Waals surface area contributed by atoms with Gasteiger partial charge in [-0.25, -0.2) is 4.79 Å². The Labute approximate surface area is 90.7 Å². The number of thioether (sulfide) groups is 1. The van der Waals surface area contributed by atoms with E-state index in [9.17, 15) is 9.90 Å². The number of carboxylic acid groups (broad SMARTS) is 1. The van der Waals surface area contributed by atoms with E-state index in [0.29, 0.717) is 10.6 Å². The van der Waals surface area contributed by atoms with Crippen molar-refractivity contribution in [3.63, 3.8) is 0 Å². The van der Waals surface area contributed by atoms with E-state index in [1.54, 1.807) is 12.1 Å². The Hall–Kier alpha value is -0.710. The minimum Gasteiger partial charge on any atom is -0.479 e. The van der Waals surface area contributed by atoms with Crippen LogP contribution in [0.4, 0.5) is 0 Å². The maximum absolute atomic E-state index is 10.5. The van der Waals surface area contributed by atoms with Crippen LogP contribution in [0.1, 0.15) is 11.7 Å². The van der Waals surface area contributed by atoms with Gasteiger partial charge in [0.15, 0.2) is 6.10 Å². The fraction of sp³-hybridized carbons (Fsp3) is 0.222. The lowest BCUT2D eigenvalue weighted by atomic mass is 10.1. The number of aliphatic hydroxyl groups is 1. The Balaban J connectivity index is 3.08. The minimum absolute atomic E-state index is 0.300. The van der Waals surface area contributed by atoms with Crippen LogP contribution in [0.5, 0.6) is 0 Å². The van der Waals surface area contributed by atoms with Gasteiger partial charge in [0.05, 0.1) is 0 Å². The molecule has 0 spiro atoms. The van der Waals surface area contributed by atoms with E-state index in [2.05, 4.69) is 0 Å². The highest BCUT2D eigenvalue weighted by Crippen LogP contribution is 2.25. The van der Waals surface area contributed by atoms with Crippen molar-refractivity contribution in [2.45, 2.75) is 11.0 Å². The van der Waals surface area contributed by atoms with Crippen molar-refractivity contribution < 1.29 is 15.0 Å². The fourth-order valence-electron chi connectivity index (χ4n) is 1.00. The Bertz CT molecular complexity index is 354. The van der Waals surface area contributed by atoms with Crippen LogP contribution in [0.2, 0.25) is 5.02 Å². The summed E-state index contributed by atoms with van der Waals surface area (Å²) in [4.78, 5) is 11.3. The number of hydrogen-bond acceptors (Lipinski definition) is 3. The summed E-state index contributed by atoms with van der Waals surface area (Å²) in [5, 5.41) is 18.3. The maximum atomic E-state index is 10.5. The molecule has 0 aromatic heterocycles. The van der Waals surface area contributed by atoms with Gasteiger partial charge in [-0.2, -0.15) is 0 Å². The van der Waals surface area contributed by atoms with Crippen molar-refractivity contribution in [3.8, 4) is 0 Å². The monoisotopic (exact) mass is 232 g/mol. The van der Waals surface area contributed by atoms with Gasteiger partial charge in [0.1, 0.15) is 0 Å². The van der Waals surface area contributed by atoms with Crippen molar-refractivity contribution >= 4 is 29.3 Å². The average molecular weight is 233 g/mol. The number of rotatable bonds is 3. The molecule has 0 aliphatic carbocycles. The number of carboxylic acids is 1. The zero-order valence-corrected chi connectivity index (χ0v) is 8.97. The molecule has 0 saturated carbocycles. The quantitative estimate of drug-likeness (QED) is 0.785. The fourth-order valence-corrected chi connectivity index (χ4v) is 1.81. The first-order valence-corrected chi connectivity index (χ1v) is 5.40. The van der Waals surface area contributed by atoms with E-state index < -0.39 is 12.1 Å². The van der Waals surface area contributed by atoms with E-state index in [1.165, 1.54) is 17.8 Å². The standard InChI is InChI=1S/C9H9ClO3S/c1-14-7-3-5(2-6(10)4-7)8(11)9(12)13/h2-4,8,11H,1H3,(H,12,13). The number of halogens is 1. The molecule has 1 atom stereocenters. The third-order valence-electron chi connectivity index (χ3n) is 1.68. The maximum Gasteiger partial charge on any atom is 0.337 e. The molecule has 0 fully saturated rings. The summed E-state index contributed by atoms with van der Waals surface area (Å²) in [6.07, 6.45) is 0.336. The lowest BCUT2D eigenvalue weighted by molar-refractivity contribution is -0.146. The summed E-state index contributed by atoms with van der Waals surface area (Å²) in [5.41, 5.74) is 0.300. The largest absolute Gasteiger partial charge is 0.479 e. The molecule has 1 rings (SSSR count). The van der Waals surface area contributed by atoms with Gasteiger partial charge in [-0.15, -0.1) is 11.8 Å². The first-order chi connectivity index (χ1) is 6.54. The molecule has 3 nitrogen and oxygen atoms in total. The van der Waals surface area contributed by atoms with Gasteiger partial charge in [-0.3, -0.25) is 0 Å². The summed E-state index contributed by atoms with van der Waals surface area (Å²) in [7, 11) is 0. The molecule has 0 aliphatic rings. The highest BCUT2D eigenvalue weighted by atomic mass is 35.5. The highest BCUT2D eigenvalue weighted by molar-refractivity contribution is 7.98. The lowest BCUT2D eigenvalue weighted by Crippen LogP contribution is -2.10. The van der Waals surface area contributed by atoms with Gasteiger partial charge in [0, 0.05) is 9.92 Å². The van der Waals surface area contributed by atoms with Gasteiger partial charge < -0.3 is 10.2 Å². The molecule has 76 valence electrons. The molecule has 1 aromatic rings. The van der Waals surface area contributed by atoms with E-state index in [4.69, 9.17) is 16.7 Å². The van der Waals surface area contributed by atoms with E-state index >= 15 is 0 Å². The second kappa shape index (κ2) is 4.68. The number of carbonyl (C=O) groups is 1. The normalized spacial score (nSPS) is 12.5. The minimum atomic E-state index is -1.51. The zero-order chi connectivity index (χ0) is 10.7. The molecule has 0 amide bonds. The second-order valence-corrected chi connectivity index (χ2v) is 3.98. The first-order valence-electron chi connectivity index (χ1n) is 3.80. The van der Waals surface area contributed by atoms with E-state index in [1.807, 2.05) is 6.26 Å². The van der Waals surface area contributed by atoms with Crippen molar-refractivity contribution in [3.05, 3.63) is 28.8 Å². The predicted octanol–water partition coefficient (Wildman–Crippen LogP) is 2.18. The molecule has 1 aromatic carbocycles. The van der Waals surface area contributed by atoms with Crippen molar-refractivity contribution in [1.29, 1.82) is 0 Å². The van der Waals surface area contributed by atoms with E-state index in [-0.39, 0.29) is 0 Å². The van der Waals surface area contributed by atoms with Crippen LogP contribution >= 0.6 is 23.4 Å². The number of aliphatic hydroxyl groups excluding tert-OH is 1. The molecule has 14 heavy (non-hydrogen) atoms. The van der Waals surface area contributed by atoms with Crippen LogP contribution < -0.4 is 0 Å². The van der Waals surface area contributed by atoms with Gasteiger partial charge >= 0.3 is 5.97 Å². The summed E-state index contributed by atoms with van der Waals surface area (Å²) >= 11 is 7.20. The van der Waals surface area contributed by atoms with Gasteiger partial charge in [0.25, 0.3) is 0 Å². The summed E-state index contributed by atoms with van der Waals surface area (Å²) < 4.78 is 0. The molecule has 0 heterocycles. The number of aliphatic carboxylic acids is 1. The van der Waals surface area contributed by atoms with Crippen LogP contribution in [0.25, 0.3) is 0 Å². The second-order valence-electron chi connectivity index (χ2n) is 2.67. The van der Waals surface area contributed by atoms with Gasteiger partial charge in [0.2, 0.25) is 0 Å². The summed E-state index contributed by atoms with van der Waals surface area (Å²) in [5.74, 6) is -1.28.